The fourth-order valence-electron chi connectivity index (χ4n) is 0.642. The lowest BCUT2D eigenvalue weighted by Crippen LogP contribution is -1.88. The molecule has 84 valence electrons. The van der Waals surface area contributed by atoms with Crippen molar-refractivity contribution >= 4 is 9.84 Å². The van der Waals surface area contributed by atoms with Gasteiger partial charge in [0.05, 0.1) is 0 Å². The molecular weight excluding hydrogens is 208 g/mol. The van der Waals surface area contributed by atoms with Crippen LogP contribution in [0.3, 0.4) is 0 Å². The van der Waals surface area contributed by atoms with Crippen molar-refractivity contribution in [3.63, 3.8) is 0 Å². The van der Waals surface area contributed by atoms with Gasteiger partial charge in [-0.15, -0.1) is 0 Å². The fourth-order valence-corrected chi connectivity index (χ4v) is 1.54. The van der Waals surface area contributed by atoms with E-state index in [-0.39, 0.29) is 0 Å². The molecule has 0 heterocycles. The van der Waals surface area contributed by atoms with Crippen LogP contribution in [0.4, 0.5) is 0 Å². The molecule has 0 aromatic heterocycles. The molecule has 0 aliphatic rings. The number of rotatable bonds is 4. The Morgan fingerprint density at radius 2 is 1.20 bits per heavy atom. The van der Waals surface area contributed by atoms with Crippen molar-refractivity contribution in [2.24, 2.45) is 0 Å². The second kappa shape index (κ2) is 6.40. The van der Waals surface area contributed by atoms with E-state index >= 15 is 0 Å². The Hall–Kier alpha value is -1.09. The fraction of sp³-hybridized carbons (Fsp3) is 0.333. The van der Waals surface area contributed by atoms with Crippen LogP contribution in [0.25, 0.3) is 0 Å². The van der Waals surface area contributed by atoms with Gasteiger partial charge in [0, 0.05) is 10.8 Å². The minimum Gasteiger partial charge on any atom is -0.220 e. The van der Waals surface area contributed by atoms with E-state index < -0.39 is 9.84 Å². The summed E-state index contributed by atoms with van der Waals surface area (Å²) in [6, 6.07) is 0. The maximum Gasteiger partial charge on any atom is 0.193 e. The van der Waals surface area contributed by atoms with Crippen molar-refractivity contribution < 1.29 is 8.42 Å². The monoisotopic (exact) mass is 226 g/mol. The molecule has 15 heavy (non-hydrogen) atoms. The Balaban J connectivity index is 4.74. The summed E-state index contributed by atoms with van der Waals surface area (Å²) in [7, 11) is -3.23. The molecule has 0 amide bonds. The van der Waals surface area contributed by atoms with Gasteiger partial charge in [0.15, 0.2) is 9.84 Å². The predicted octanol–water partition coefficient (Wildman–Crippen LogP) is 3.36. The zero-order valence-corrected chi connectivity index (χ0v) is 10.5. The average molecular weight is 226 g/mol. The highest BCUT2D eigenvalue weighted by atomic mass is 32.2. The lowest BCUT2D eigenvalue weighted by atomic mass is 10.3. The first kappa shape index (κ1) is 13.9. The van der Waals surface area contributed by atoms with Crippen LogP contribution in [-0.2, 0) is 9.84 Å². The van der Waals surface area contributed by atoms with Crippen molar-refractivity contribution in [2.75, 3.05) is 0 Å². The van der Waals surface area contributed by atoms with Gasteiger partial charge in [-0.3, -0.25) is 0 Å². The van der Waals surface area contributed by atoms with E-state index in [1.807, 2.05) is 39.8 Å². The second-order valence-electron chi connectivity index (χ2n) is 3.26. The summed E-state index contributed by atoms with van der Waals surface area (Å²) >= 11 is 0. The van der Waals surface area contributed by atoms with E-state index in [2.05, 4.69) is 0 Å². The molecule has 0 fully saturated rings. The van der Waals surface area contributed by atoms with Crippen molar-refractivity contribution in [3.8, 4) is 0 Å². The second-order valence-corrected chi connectivity index (χ2v) is 4.98. The molecule has 0 spiro atoms. The smallest absolute Gasteiger partial charge is 0.193 e. The summed E-state index contributed by atoms with van der Waals surface area (Å²) in [6.07, 6.45) is 6.88. The highest BCUT2D eigenvalue weighted by Gasteiger charge is 1.98. The van der Waals surface area contributed by atoms with Crippen molar-refractivity contribution in [1.82, 2.24) is 0 Å². The molecule has 0 N–H and O–H groups in total. The summed E-state index contributed by atoms with van der Waals surface area (Å²) in [4.78, 5) is 0. The molecule has 2 nitrogen and oxygen atoms in total. The first-order valence-electron chi connectivity index (χ1n) is 4.78. The van der Waals surface area contributed by atoms with Crippen molar-refractivity contribution in [3.05, 3.63) is 46.3 Å². The molecule has 0 unspecified atom stereocenters. The van der Waals surface area contributed by atoms with E-state index in [9.17, 15) is 8.42 Å². The molecule has 0 aliphatic heterocycles. The summed E-state index contributed by atoms with van der Waals surface area (Å²) in [6.45, 7) is 7.44. The zero-order chi connectivity index (χ0) is 11.9. The molecule has 0 saturated carbocycles. The molecule has 0 radical (unpaired) electrons. The van der Waals surface area contributed by atoms with Crippen LogP contribution in [0.2, 0.25) is 0 Å². The minimum atomic E-state index is -3.23. The Morgan fingerprint density at radius 3 is 1.47 bits per heavy atom. The predicted molar refractivity (Wildman–Crippen MR) is 66.1 cm³/mol. The molecule has 0 aromatic rings. The van der Waals surface area contributed by atoms with Gasteiger partial charge in [-0.25, -0.2) is 8.42 Å². The molecule has 0 saturated heterocycles. The van der Waals surface area contributed by atoms with Crippen molar-refractivity contribution in [2.45, 2.75) is 27.7 Å². The van der Waals surface area contributed by atoms with Crippen LogP contribution >= 0.6 is 0 Å². The van der Waals surface area contributed by atoms with Gasteiger partial charge in [-0.1, -0.05) is 23.3 Å². The topological polar surface area (TPSA) is 34.1 Å². The van der Waals surface area contributed by atoms with Crippen LogP contribution in [0.1, 0.15) is 27.7 Å². The van der Waals surface area contributed by atoms with Crippen LogP contribution < -0.4 is 0 Å². The third-order valence-corrected chi connectivity index (χ3v) is 2.98. The van der Waals surface area contributed by atoms with E-state index in [0.717, 1.165) is 11.1 Å². The Morgan fingerprint density at radius 1 is 0.867 bits per heavy atom. The zero-order valence-electron chi connectivity index (χ0n) is 9.69. The molecule has 0 atom stereocenters. The third kappa shape index (κ3) is 6.91. The minimum absolute atomic E-state index is 0.926. The van der Waals surface area contributed by atoms with Gasteiger partial charge >= 0.3 is 0 Å². The Kier molecular flexibility index (Phi) is 5.94. The van der Waals surface area contributed by atoms with Crippen LogP contribution in [0.5, 0.6) is 0 Å². The lowest BCUT2D eigenvalue weighted by Gasteiger charge is -1.91. The van der Waals surface area contributed by atoms with E-state index in [4.69, 9.17) is 0 Å². The van der Waals surface area contributed by atoms with Gasteiger partial charge in [-0.2, -0.15) is 0 Å². The molecule has 0 rings (SSSR count). The number of sulfone groups is 1. The van der Waals surface area contributed by atoms with E-state index in [1.165, 1.54) is 10.8 Å². The summed E-state index contributed by atoms with van der Waals surface area (Å²) < 4.78 is 22.9. The van der Waals surface area contributed by atoms with E-state index in [1.54, 1.807) is 12.2 Å². The van der Waals surface area contributed by atoms with Gasteiger partial charge in [0.25, 0.3) is 0 Å². The average Bonchev–Trinajstić information content (AvgIpc) is 2.22. The highest BCUT2D eigenvalue weighted by molar-refractivity contribution is 7.97. The molecule has 0 aliphatic carbocycles. The Labute approximate surface area is 92.6 Å². The maximum atomic E-state index is 11.4. The number of hydrogen-bond donors (Lipinski definition) is 0. The van der Waals surface area contributed by atoms with Crippen molar-refractivity contribution in [1.29, 1.82) is 0 Å². The standard InChI is InChI=1S/C12H18O2S/c1-5-11(3)7-9-15(13,14)10-8-12(4)6-2/h5-10H,1-4H3. The molecule has 0 bridgehead atoms. The number of hydrogen-bond acceptors (Lipinski definition) is 2. The summed E-state index contributed by atoms with van der Waals surface area (Å²) in [5.41, 5.74) is 1.85. The molecular formula is C12H18O2S. The van der Waals surface area contributed by atoms with Crippen LogP contribution in [-0.4, -0.2) is 8.42 Å². The highest BCUT2D eigenvalue weighted by Crippen LogP contribution is 2.03. The third-order valence-electron chi connectivity index (χ3n) is 1.95. The van der Waals surface area contributed by atoms with Crippen LogP contribution in [0, 0.1) is 0 Å². The van der Waals surface area contributed by atoms with Gasteiger partial charge < -0.3 is 0 Å². The first-order valence-corrected chi connectivity index (χ1v) is 6.39. The molecule has 3 heteroatoms. The van der Waals surface area contributed by atoms with E-state index in [0.29, 0.717) is 0 Å². The summed E-state index contributed by atoms with van der Waals surface area (Å²) in [5, 5.41) is 2.42. The normalized spacial score (nSPS) is 15.5. The lowest BCUT2D eigenvalue weighted by molar-refractivity contribution is 0.612. The van der Waals surface area contributed by atoms with Crippen LogP contribution in [0.15, 0.2) is 46.3 Å². The first-order chi connectivity index (χ1) is 6.91. The quantitative estimate of drug-likeness (QED) is 0.689. The van der Waals surface area contributed by atoms with Gasteiger partial charge in [0.2, 0.25) is 0 Å². The summed E-state index contributed by atoms with van der Waals surface area (Å²) in [5.74, 6) is 0. The Bertz CT molecular complexity index is 373. The SMILES string of the molecule is CC=C(C)C=CS(=O)(=O)C=CC(C)=CC. The number of allylic oxidation sites excluding steroid dienone is 6. The largest absolute Gasteiger partial charge is 0.220 e. The molecule has 0 aromatic carbocycles. The van der Waals surface area contributed by atoms with Gasteiger partial charge in [0.1, 0.15) is 0 Å². The maximum absolute atomic E-state index is 11.4. The van der Waals surface area contributed by atoms with Gasteiger partial charge in [-0.05, 0) is 39.8 Å².